The lowest BCUT2D eigenvalue weighted by Crippen LogP contribution is -2.23. The molecule has 1 N–H and O–H groups in total. The summed E-state index contributed by atoms with van der Waals surface area (Å²) in [6.45, 7) is 6.61. The van der Waals surface area contributed by atoms with E-state index in [0.717, 1.165) is 45.2 Å². The number of amides is 1. The number of hydrogen-bond donors (Lipinski definition) is 1. The number of benzene rings is 2. The van der Waals surface area contributed by atoms with Crippen molar-refractivity contribution in [2.75, 3.05) is 7.11 Å². The summed E-state index contributed by atoms with van der Waals surface area (Å²) in [5, 5.41) is 7.78. The summed E-state index contributed by atoms with van der Waals surface area (Å²) >= 11 is 0. The Morgan fingerprint density at radius 2 is 1.81 bits per heavy atom. The van der Waals surface area contributed by atoms with Crippen molar-refractivity contribution in [1.29, 1.82) is 0 Å². The Labute approximate surface area is 188 Å². The van der Waals surface area contributed by atoms with Gasteiger partial charge in [-0.25, -0.2) is 9.50 Å². The smallest absolute Gasteiger partial charge is 0.220 e. The Hall–Kier alpha value is -3.67. The standard InChI is InChI=1S/C26H28N4O2/c1-17-9-11-20(12-10-17)16-27-26(31)14-13-21-18(2)28-25-15-23(29-30(25)19(21)3)22-7-5-6-8-24(22)32-4/h5-12,15H,13-14,16H2,1-4H3,(H,27,31). The molecule has 1 amide bonds. The van der Waals surface area contributed by atoms with Crippen molar-refractivity contribution in [2.45, 2.75) is 40.2 Å². The Morgan fingerprint density at radius 3 is 2.56 bits per heavy atom. The Balaban J connectivity index is 1.50. The summed E-state index contributed by atoms with van der Waals surface area (Å²) in [6.07, 6.45) is 1.02. The number of fused-ring (bicyclic) bond motifs is 1. The van der Waals surface area contributed by atoms with E-state index in [4.69, 9.17) is 14.8 Å². The molecule has 0 saturated carbocycles. The van der Waals surface area contributed by atoms with Gasteiger partial charge < -0.3 is 10.1 Å². The van der Waals surface area contributed by atoms with E-state index in [0.29, 0.717) is 19.4 Å². The maximum atomic E-state index is 12.4. The Morgan fingerprint density at radius 1 is 1.06 bits per heavy atom. The number of rotatable bonds is 7. The molecule has 0 saturated heterocycles. The highest BCUT2D eigenvalue weighted by molar-refractivity contribution is 5.76. The number of carbonyl (C=O) groups excluding carboxylic acids is 1. The molecule has 6 nitrogen and oxygen atoms in total. The molecule has 0 fully saturated rings. The molecule has 2 aromatic heterocycles. The second-order valence-corrected chi connectivity index (χ2v) is 8.02. The van der Waals surface area contributed by atoms with Crippen LogP contribution in [0.25, 0.3) is 16.9 Å². The molecule has 0 radical (unpaired) electrons. The summed E-state index contributed by atoms with van der Waals surface area (Å²) < 4.78 is 7.34. The highest BCUT2D eigenvalue weighted by Crippen LogP contribution is 2.30. The van der Waals surface area contributed by atoms with E-state index in [1.807, 2.05) is 60.8 Å². The minimum atomic E-state index is 0.0275. The number of methoxy groups -OCH3 is 1. The molecular formula is C26H28N4O2. The Bertz CT molecular complexity index is 1260. The van der Waals surface area contributed by atoms with Gasteiger partial charge in [-0.15, -0.1) is 0 Å². The van der Waals surface area contributed by atoms with E-state index >= 15 is 0 Å². The van der Waals surface area contributed by atoms with Gasteiger partial charge in [-0.1, -0.05) is 42.0 Å². The quantitative estimate of drug-likeness (QED) is 0.468. The van der Waals surface area contributed by atoms with E-state index in [2.05, 4.69) is 24.4 Å². The molecular weight excluding hydrogens is 400 g/mol. The number of ether oxygens (including phenoxy) is 1. The molecule has 4 aromatic rings. The first-order chi connectivity index (χ1) is 15.5. The molecule has 164 valence electrons. The van der Waals surface area contributed by atoms with Crippen molar-refractivity contribution < 1.29 is 9.53 Å². The monoisotopic (exact) mass is 428 g/mol. The second kappa shape index (κ2) is 9.22. The zero-order valence-electron chi connectivity index (χ0n) is 19.0. The molecule has 0 unspecified atom stereocenters. The third-order valence-electron chi connectivity index (χ3n) is 5.76. The summed E-state index contributed by atoms with van der Waals surface area (Å²) in [4.78, 5) is 17.2. The molecule has 4 rings (SSSR count). The Kier molecular flexibility index (Phi) is 6.21. The maximum absolute atomic E-state index is 12.4. The molecule has 0 aliphatic heterocycles. The van der Waals surface area contributed by atoms with Crippen LogP contribution in [0.1, 0.15) is 34.5 Å². The van der Waals surface area contributed by atoms with Crippen LogP contribution in [0.4, 0.5) is 0 Å². The average Bonchev–Trinajstić information content (AvgIpc) is 3.22. The molecule has 2 heterocycles. The first kappa shape index (κ1) is 21.6. The van der Waals surface area contributed by atoms with Crippen LogP contribution in [0, 0.1) is 20.8 Å². The molecule has 0 aliphatic carbocycles. The third kappa shape index (κ3) is 4.49. The topological polar surface area (TPSA) is 68.5 Å². The predicted octanol–water partition coefficient (Wildman–Crippen LogP) is 4.58. The van der Waals surface area contributed by atoms with E-state index < -0.39 is 0 Å². The molecule has 2 aromatic carbocycles. The minimum absolute atomic E-state index is 0.0275. The van der Waals surface area contributed by atoms with Gasteiger partial charge in [0.2, 0.25) is 5.91 Å². The van der Waals surface area contributed by atoms with Crippen molar-refractivity contribution in [3.05, 3.63) is 82.7 Å². The van der Waals surface area contributed by atoms with Crippen LogP contribution in [-0.4, -0.2) is 27.6 Å². The van der Waals surface area contributed by atoms with Crippen molar-refractivity contribution in [1.82, 2.24) is 19.9 Å². The van der Waals surface area contributed by atoms with Crippen molar-refractivity contribution in [3.63, 3.8) is 0 Å². The van der Waals surface area contributed by atoms with Crippen molar-refractivity contribution in [2.24, 2.45) is 0 Å². The number of nitrogens with zero attached hydrogens (tertiary/aromatic N) is 3. The van der Waals surface area contributed by atoms with Gasteiger partial charge in [0.05, 0.1) is 12.8 Å². The summed E-state index contributed by atoms with van der Waals surface area (Å²) in [7, 11) is 1.66. The SMILES string of the molecule is COc1ccccc1-c1cc2nc(C)c(CCC(=O)NCc3ccc(C)cc3)c(C)n2n1. The predicted molar refractivity (Wildman–Crippen MR) is 126 cm³/mol. The van der Waals surface area contributed by atoms with Crippen LogP contribution >= 0.6 is 0 Å². The highest BCUT2D eigenvalue weighted by atomic mass is 16.5. The van der Waals surface area contributed by atoms with E-state index in [9.17, 15) is 4.79 Å². The van der Waals surface area contributed by atoms with E-state index in [1.165, 1.54) is 5.56 Å². The number of aromatic nitrogens is 3. The normalized spacial score (nSPS) is 11.0. The van der Waals surface area contributed by atoms with Crippen LogP contribution in [0.2, 0.25) is 0 Å². The fourth-order valence-electron chi connectivity index (χ4n) is 3.91. The number of aryl methyl sites for hydroxylation is 3. The number of hydrogen-bond acceptors (Lipinski definition) is 4. The first-order valence-electron chi connectivity index (χ1n) is 10.8. The van der Waals surface area contributed by atoms with Crippen LogP contribution in [0.15, 0.2) is 54.6 Å². The second-order valence-electron chi connectivity index (χ2n) is 8.02. The zero-order valence-corrected chi connectivity index (χ0v) is 19.0. The van der Waals surface area contributed by atoms with E-state index in [-0.39, 0.29) is 5.91 Å². The van der Waals surface area contributed by atoms with Gasteiger partial charge in [0.25, 0.3) is 0 Å². The molecule has 0 aliphatic rings. The van der Waals surface area contributed by atoms with Gasteiger partial charge >= 0.3 is 0 Å². The first-order valence-corrected chi connectivity index (χ1v) is 10.8. The van der Waals surface area contributed by atoms with Crippen LogP contribution in [-0.2, 0) is 17.8 Å². The highest BCUT2D eigenvalue weighted by Gasteiger charge is 2.16. The lowest BCUT2D eigenvalue weighted by molar-refractivity contribution is -0.121. The van der Waals surface area contributed by atoms with Crippen LogP contribution in [0.3, 0.4) is 0 Å². The maximum Gasteiger partial charge on any atom is 0.220 e. The average molecular weight is 429 g/mol. The molecule has 0 spiro atoms. The molecule has 32 heavy (non-hydrogen) atoms. The van der Waals surface area contributed by atoms with E-state index in [1.54, 1.807) is 7.11 Å². The number of carbonyl (C=O) groups is 1. The lowest BCUT2D eigenvalue weighted by atomic mass is 10.1. The van der Waals surface area contributed by atoms with Crippen molar-refractivity contribution >= 4 is 11.6 Å². The minimum Gasteiger partial charge on any atom is -0.496 e. The van der Waals surface area contributed by atoms with Gasteiger partial charge in [-0.3, -0.25) is 4.79 Å². The number of nitrogens with one attached hydrogen (secondary N) is 1. The zero-order chi connectivity index (χ0) is 22.7. The van der Waals surface area contributed by atoms with Gasteiger partial charge in [0.1, 0.15) is 5.75 Å². The summed E-state index contributed by atoms with van der Waals surface area (Å²) in [5.74, 6) is 0.801. The fourth-order valence-corrected chi connectivity index (χ4v) is 3.91. The largest absolute Gasteiger partial charge is 0.496 e. The van der Waals surface area contributed by atoms with Gasteiger partial charge in [0.15, 0.2) is 5.65 Å². The number of para-hydroxylation sites is 1. The molecule has 0 atom stereocenters. The summed E-state index contributed by atoms with van der Waals surface area (Å²) in [5.41, 5.74) is 7.81. The van der Waals surface area contributed by atoms with Crippen LogP contribution < -0.4 is 10.1 Å². The molecule has 0 bridgehead atoms. The van der Waals surface area contributed by atoms with Gasteiger partial charge in [-0.2, -0.15) is 5.10 Å². The fraction of sp³-hybridized carbons (Fsp3) is 0.269. The molecule has 6 heteroatoms. The summed E-state index contributed by atoms with van der Waals surface area (Å²) in [6, 6.07) is 18.0. The lowest BCUT2D eigenvalue weighted by Gasteiger charge is -2.11. The third-order valence-corrected chi connectivity index (χ3v) is 5.76. The van der Waals surface area contributed by atoms with Crippen LogP contribution in [0.5, 0.6) is 5.75 Å². The van der Waals surface area contributed by atoms with Crippen molar-refractivity contribution in [3.8, 4) is 17.0 Å². The van der Waals surface area contributed by atoms with Gasteiger partial charge in [0, 0.05) is 36.0 Å². The van der Waals surface area contributed by atoms with Gasteiger partial charge in [-0.05, 0) is 50.5 Å².